The number of carboxylic acid groups (broad SMARTS) is 1. The highest BCUT2D eigenvalue weighted by Crippen LogP contribution is 2.42. The van der Waals surface area contributed by atoms with E-state index in [4.69, 9.17) is 0 Å². The number of hydrogen-bond acceptors (Lipinski definition) is 2. The molecule has 0 radical (unpaired) electrons. The Morgan fingerprint density at radius 2 is 2.00 bits per heavy atom. The van der Waals surface area contributed by atoms with Gasteiger partial charge in [-0.05, 0) is 25.2 Å². The zero-order valence-corrected chi connectivity index (χ0v) is 11.2. The summed E-state index contributed by atoms with van der Waals surface area (Å²) in [4.78, 5) is 25.0. The third-order valence-electron chi connectivity index (χ3n) is 4.37. The van der Waals surface area contributed by atoms with Crippen LogP contribution in [0.5, 0.6) is 0 Å². The van der Waals surface area contributed by atoms with Crippen LogP contribution in [-0.2, 0) is 9.59 Å². The van der Waals surface area contributed by atoms with Crippen molar-refractivity contribution in [2.45, 2.75) is 52.5 Å². The van der Waals surface area contributed by atoms with E-state index < -0.39 is 11.5 Å². The second-order valence-electron chi connectivity index (χ2n) is 5.15. The lowest BCUT2D eigenvalue weighted by Gasteiger charge is -2.49. The van der Waals surface area contributed by atoms with Crippen molar-refractivity contribution in [2.75, 3.05) is 6.54 Å². The van der Waals surface area contributed by atoms with E-state index >= 15 is 0 Å². The first-order chi connectivity index (χ1) is 7.87. The number of rotatable bonds is 3. The van der Waals surface area contributed by atoms with Crippen LogP contribution in [0.25, 0.3) is 0 Å². The van der Waals surface area contributed by atoms with Crippen molar-refractivity contribution < 1.29 is 14.7 Å². The number of aliphatic carboxylic acids is 1. The molecule has 1 N–H and O–H groups in total. The van der Waals surface area contributed by atoms with Crippen molar-refractivity contribution in [3.8, 4) is 0 Å². The molecule has 1 saturated carbocycles. The standard InChI is InChI=1S/C13H23NO3/c1-5-14(11(4)15)13(12(16)17)8-6-7-9(2)10(13)3/h9-10H,5-8H2,1-4H3,(H,16,17). The highest BCUT2D eigenvalue weighted by molar-refractivity contribution is 5.86. The summed E-state index contributed by atoms with van der Waals surface area (Å²) in [6.07, 6.45) is 2.49. The molecule has 1 fully saturated rings. The normalized spacial score (nSPS) is 33.2. The van der Waals surface area contributed by atoms with Crippen LogP contribution >= 0.6 is 0 Å². The minimum Gasteiger partial charge on any atom is -0.479 e. The SMILES string of the molecule is CCN(C(C)=O)C1(C(=O)O)CCCC(C)C1C. The number of carbonyl (C=O) groups is 2. The number of nitrogens with zero attached hydrogens (tertiary/aromatic N) is 1. The van der Waals surface area contributed by atoms with Crippen LogP contribution in [0.3, 0.4) is 0 Å². The molecule has 0 saturated heterocycles. The van der Waals surface area contributed by atoms with Gasteiger partial charge >= 0.3 is 5.97 Å². The Morgan fingerprint density at radius 3 is 2.41 bits per heavy atom. The van der Waals surface area contributed by atoms with E-state index in [0.717, 1.165) is 12.8 Å². The lowest BCUT2D eigenvalue weighted by atomic mass is 9.67. The number of carboxylic acids is 1. The van der Waals surface area contributed by atoms with Gasteiger partial charge in [-0.15, -0.1) is 0 Å². The van der Waals surface area contributed by atoms with Gasteiger partial charge in [0.1, 0.15) is 5.54 Å². The molecule has 4 heteroatoms. The maximum Gasteiger partial charge on any atom is 0.329 e. The summed E-state index contributed by atoms with van der Waals surface area (Å²) in [7, 11) is 0. The predicted octanol–water partition coefficient (Wildman–Crippen LogP) is 2.13. The summed E-state index contributed by atoms with van der Waals surface area (Å²) in [5.74, 6) is -0.657. The van der Waals surface area contributed by atoms with Crippen LogP contribution in [-0.4, -0.2) is 34.0 Å². The van der Waals surface area contributed by atoms with Crippen LogP contribution in [0.1, 0.15) is 47.0 Å². The van der Waals surface area contributed by atoms with E-state index in [1.165, 1.54) is 11.8 Å². The summed E-state index contributed by atoms with van der Waals surface area (Å²) in [5, 5.41) is 9.63. The first kappa shape index (κ1) is 14.0. The molecule has 0 bridgehead atoms. The van der Waals surface area contributed by atoms with Gasteiger partial charge in [-0.3, -0.25) is 4.79 Å². The van der Waals surface area contributed by atoms with Crippen molar-refractivity contribution in [2.24, 2.45) is 11.8 Å². The van der Waals surface area contributed by atoms with Crippen molar-refractivity contribution in [1.29, 1.82) is 0 Å². The smallest absolute Gasteiger partial charge is 0.329 e. The Balaban J connectivity index is 3.20. The van der Waals surface area contributed by atoms with Crippen molar-refractivity contribution in [1.82, 2.24) is 4.90 Å². The van der Waals surface area contributed by atoms with Gasteiger partial charge in [-0.1, -0.05) is 26.7 Å². The molecule has 4 nitrogen and oxygen atoms in total. The topological polar surface area (TPSA) is 57.6 Å². The van der Waals surface area contributed by atoms with E-state index in [0.29, 0.717) is 18.9 Å². The molecule has 3 unspecified atom stereocenters. The minimum atomic E-state index is -1.00. The molecule has 98 valence electrons. The van der Waals surface area contributed by atoms with Crippen LogP contribution < -0.4 is 0 Å². The largest absolute Gasteiger partial charge is 0.479 e. The molecule has 0 aromatic heterocycles. The summed E-state index contributed by atoms with van der Waals surface area (Å²) >= 11 is 0. The maximum atomic E-state index is 11.7. The highest BCUT2D eigenvalue weighted by Gasteiger charge is 2.52. The fourth-order valence-corrected chi connectivity index (χ4v) is 3.23. The second kappa shape index (κ2) is 5.07. The molecular weight excluding hydrogens is 218 g/mol. The zero-order chi connectivity index (χ0) is 13.2. The Hall–Kier alpha value is -1.06. The number of amides is 1. The number of hydrogen-bond donors (Lipinski definition) is 1. The molecule has 1 amide bonds. The molecule has 0 spiro atoms. The lowest BCUT2D eigenvalue weighted by Crippen LogP contribution is -2.63. The third kappa shape index (κ3) is 2.17. The lowest BCUT2D eigenvalue weighted by molar-refractivity contribution is -0.167. The Morgan fingerprint density at radius 1 is 1.41 bits per heavy atom. The average molecular weight is 241 g/mol. The molecule has 1 aliphatic rings. The summed E-state index contributed by atoms with van der Waals surface area (Å²) < 4.78 is 0. The molecule has 17 heavy (non-hydrogen) atoms. The van der Waals surface area contributed by atoms with Gasteiger partial charge in [-0.2, -0.15) is 0 Å². The summed E-state index contributed by atoms with van der Waals surface area (Å²) in [6, 6.07) is 0. The van der Waals surface area contributed by atoms with Crippen molar-refractivity contribution in [3.05, 3.63) is 0 Å². The van der Waals surface area contributed by atoms with E-state index in [-0.39, 0.29) is 11.8 Å². The van der Waals surface area contributed by atoms with E-state index in [2.05, 4.69) is 6.92 Å². The molecule has 0 aromatic carbocycles. The van der Waals surface area contributed by atoms with Gasteiger partial charge in [0.05, 0.1) is 0 Å². The first-order valence-corrected chi connectivity index (χ1v) is 6.39. The van der Waals surface area contributed by atoms with Gasteiger partial charge in [0, 0.05) is 13.5 Å². The van der Waals surface area contributed by atoms with Crippen molar-refractivity contribution in [3.63, 3.8) is 0 Å². The highest BCUT2D eigenvalue weighted by atomic mass is 16.4. The van der Waals surface area contributed by atoms with E-state index in [1.807, 2.05) is 13.8 Å². The van der Waals surface area contributed by atoms with Crippen molar-refractivity contribution >= 4 is 11.9 Å². The van der Waals surface area contributed by atoms with Gasteiger partial charge < -0.3 is 10.0 Å². The Bertz CT molecular complexity index is 316. The van der Waals surface area contributed by atoms with E-state index in [9.17, 15) is 14.7 Å². The maximum absolute atomic E-state index is 11.7. The van der Waals surface area contributed by atoms with Crippen LogP contribution in [0, 0.1) is 11.8 Å². The average Bonchev–Trinajstić information content (AvgIpc) is 2.24. The third-order valence-corrected chi connectivity index (χ3v) is 4.37. The fourth-order valence-electron chi connectivity index (χ4n) is 3.23. The molecular formula is C13H23NO3. The molecule has 1 aliphatic carbocycles. The van der Waals surface area contributed by atoms with Gasteiger partial charge in [0.2, 0.25) is 5.91 Å². The van der Waals surface area contributed by atoms with Crippen LogP contribution in [0.2, 0.25) is 0 Å². The number of likely N-dealkylation sites (N-methyl/N-ethyl adjacent to an activating group) is 1. The monoisotopic (exact) mass is 241 g/mol. The van der Waals surface area contributed by atoms with Gasteiger partial charge in [0.15, 0.2) is 0 Å². The number of carbonyl (C=O) groups excluding carboxylic acids is 1. The first-order valence-electron chi connectivity index (χ1n) is 6.39. The second-order valence-corrected chi connectivity index (χ2v) is 5.15. The minimum absolute atomic E-state index is 0.00222. The Labute approximate surface area is 103 Å². The molecule has 0 heterocycles. The quantitative estimate of drug-likeness (QED) is 0.823. The molecule has 0 aliphatic heterocycles. The Kier molecular flexibility index (Phi) is 4.17. The molecule has 3 atom stereocenters. The van der Waals surface area contributed by atoms with Crippen LogP contribution in [0.4, 0.5) is 0 Å². The van der Waals surface area contributed by atoms with Gasteiger partial charge in [-0.25, -0.2) is 4.79 Å². The molecule has 1 rings (SSSR count). The molecule has 0 aromatic rings. The summed E-state index contributed by atoms with van der Waals surface area (Å²) in [5.41, 5.74) is -1.00. The van der Waals surface area contributed by atoms with Gasteiger partial charge in [0.25, 0.3) is 0 Å². The zero-order valence-electron chi connectivity index (χ0n) is 11.2. The van der Waals surface area contributed by atoms with Crippen LogP contribution in [0.15, 0.2) is 0 Å². The summed E-state index contributed by atoms with van der Waals surface area (Å²) in [6.45, 7) is 7.80. The predicted molar refractivity (Wildman–Crippen MR) is 65.6 cm³/mol. The fraction of sp³-hybridized carbons (Fsp3) is 0.846. The van der Waals surface area contributed by atoms with E-state index in [1.54, 1.807) is 0 Å².